The fourth-order valence-electron chi connectivity index (χ4n) is 4.43. The molecule has 4 unspecified atom stereocenters. The maximum Gasteiger partial charge on any atom is 0.243 e. The van der Waals surface area contributed by atoms with Crippen molar-refractivity contribution >= 4 is 37.1 Å². The van der Waals surface area contributed by atoms with Gasteiger partial charge in [0.25, 0.3) is 0 Å². The molecule has 9 N–H and O–H groups in total. The molecule has 0 bridgehead atoms. The number of amidine groups is 1. The van der Waals surface area contributed by atoms with E-state index in [0.717, 1.165) is 18.4 Å². The summed E-state index contributed by atoms with van der Waals surface area (Å²) in [6.07, 6.45) is 2.82. The molecule has 2 aromatic rings. The minimum Gasteiger partial charge on any atom is -0.390 e. The van der Waals surface area contributed by atoms with Crippen LogP contribution < -0.4 is 22.4 Å². The summed E-state index contributed by atoms with van der Waals surface area (Å²) in [5, 5.41) is 22.2. The van der Waals surface area contributed by atoms with Crippen molar-refractivity contribution < 1.29 is 24.4 Å². The van der Waals surface area contributed by atoms with Crippen molar-refractivity contribution in [3.05, 3.63) is 23.1 Å². The molecule has 3 heterocycles. The molecule has 2 aliphatic rings. The number of nitrogens with two attached hydrogens (primary N) is 2. The first kappa shape index (κ1) is 25.3. The zero-order chi connectivity index (χ0) is 24.2. The van der Waals surface area contributed by atoms with Crippen molar-refractivity contribution in [1.29, 1.82) is 0 Å². The molecule has 0 amide bonds. The van der Waals surface area contributed by atoms with Crippen LogP contribution in [-0.2, 0) is 9.47 Å². The lowest BCUT2D eigenvalue weighted by atomic mass is 10.1. The number of rotatable bonds is 10. The van der Waals surface area contributed by atoms with Crippen LogP contribution in [0, 0.1) is 0 Å². The Morgan fingerprint density at radius 1 is 1.38 bits per heavy atom. The van der Waals surface area contributed by atoms with Gasteiger partial charge < -0.3 is 35.4 Å². The van der Waals surface area contributed by atoms with Gasteiger partial charge in [0, 0.05) is 18.9 Å². The molecule has 4 rings (SSSR count). The van der Waals surface area contributed by atoms with Gasteiger partial charge in [-0.2, -0.15) is 10.1 Å². The fourth-order valence-corrected chi connectivity index (χ4v) is 5.16. The van der Waals surface area contributed by atoms with Crippen LogP contribution >= 0.6 is 20.0 Å². The van der Waals surface area contributed by atoms with Crippen molar-refractivity contribution in [3.63, 3.8) is 0 Å². The number of hydrazine groups is 1. The van der Waals surface area contributed by atoms with Gasteiger partial charge in [0.05, 0.1) is 24.5 Å². The number of hydrogen-bond acceptors (Lipinski definition) is 11. The van der Waals surface area contributed by atoms with Gasteiger partial charge in [-0.15, -0.1) is 5.10 Å². The van der Waals surface area contributed by atoms with Crippen LogP contribution in [0.2, 0.25) is 5.28 Å². The molecule has 13 nitrogen and oxygen atoms in total. The van der Waals surface area contributed by atoms with Crippen molar-refractivity contribution in [3.8, 4) is 0 Å². The third-order valence-electron chi connectivity index (χ3n) is 6.02. The first-order chi connectivity index (χ1) is 16.4. The number of aliphatic hydroxyl groups excluding tert-OH is 1. The molecular weight excluding hydrogens is 487 g/mol. The van der Waals surface area contributed by atoms with E-state index >= 15 is 0 Å². The van der Waals surface area contributed by atoms with E-state index in [1.54, 1.807) is 4.52 Å². The Balaban J connectivity index is 1.45. The standard InChI is InChI=1S/C19H30ClN8O5P/c20-19-24-18(23-10-3-1-2-4-10)13-6-5-12(28(13)26-19)17-14(29)7-11(33-17)9-32-16(34(30)31)8-15(21)25-27-22/h5-6,10-11,14,16-17,27,29-31H,1-4,7-9,22H2,(H2,21,25)(H,23,24,26). The summed E-state index contributed by atoms with van der Waals surface area (Å²) in [6, 6.07) is 4.05. The van der Waals surface area contributed by atoms with E-state index in [1.165, 1.54) is 12.8 Å². The van der Waals surface area contributed by atoms with Gasteiger partial charge in [0.15, 0.2) is 14.2 Å². The minimum atomic E-state index is -2.44. The van der Waals surface area contributed by atoms with Gasteiger partial charge in [0.1, 0.15) is 23.3 Å². The molecule has 2 fully saturated rings. The van der Waals surface area contributed by atoms with Gasteiger partial charge >= 0.3 is 0 Å². The molecule has 1 saturated carbocycles. The van der Waals surface area contributed by atoms with Crippen LogP contribution in [0.15, 0.2) is 17.2 Å². The lowest BCUT2D eigenvalue weighted by molar-refractivity contribution is -0.0375. The average molecular weight is 517 g/mol. The van der Waals surface area contributed by atoms with Gasteiger partial charge in [0.2, 0.25) is 5.28 Å². The maximum atomic E-state index is 10.7. The molecule has 0 aromatic carbocycles. The first-order valence-corrected chi connectivity index (χ1v) is 12.8. The van der Waals surface area contributed by atoms with Crippen molar-refractivity contribution in [2.45, 2.75) is 68.7 Å². The van der Waals surface area contributed by atoms with Crippen LogP contribution in [0.4, 0.5) is 5.82 Å². The number of aromatic nitrogens is 3. The highest BCUT2D eigenvalue weighted by Gasteiger charge is 2.38. The molecule has 1 saturated heterocycles. The van der Waals surface area contributed by atoms with Crippen molar-refractivity contribution in [1.82, 2.24) is 20.1 Å². The number of hydrogen-bond donors (Lipinski definition) is 7. The lowest BCUT2D eigenvalue weighted by Gasteiger charge is -2.21. The summed E-state index contributed by atoms with van der Waals surface area (Å²) in [4.78, 5) is 23.6. The van der Waals surface area contributed by atoms with Crippen LogP contribution in [-0.4, -0.2) is 66.0 Å². The summed E-state index contributed by atoms with van der Waals surface area (Å²) in [6.45, 7) is 0.0229. The van der Waals surface area contributed by atoms with Crippen LogP contribution in [0.1, 0.15) is 50.3 Å². The van der Waals surface area contributed by atoms with E-state index < -0.39 is 32.5 Å². The number of hydrazone groups is 1. The number of fused-ring (bicyclic) bond motifs is 1. The van der Waals surface area contributed by atoms with Gasteiger partial charge in [-0.25, -0.2) is 15.9 Å². The highest BCUT2D eigenvalue weighted by molar-refractivity contribution is 7.45. The van der Waals surface area contributed by atoms with E-state index in [0.29, 0.717) is 24.0 Å². The molecule has 0 radical (unpaired) electrons. The summed E-state index contributed by atoms with van der Waals surface area (Å²) in [5.74, 6) is 4.82. The molecule has 34 heavy (non-hydrogen) atoms. The normalized spacial score (nSPS) is 24.9. The second kappa shape index (κ2) is 11.3. The van der Waals surface area contributed by atoms with Gasteiger partial charge in [-0.05, 0) is 36.6 Å². The first-order valence-electron chi connectivity index (χ1n) is 11.1. The lowest BCUT2D eigenvalue weighted by Crippen LogP contribution is -2.28. The number of anilines is 1. The Bertz CT molecular complexity index is 1000. The summed E-state index contributed by atoms with van der Waals surface area (Å²) in [7, 11) is -2.44. The fraction of sp³-hybridized carbons (Fsp3) is 0.632. The number of aliphatic hydroxyl groups is 1. The third-order valence-corrected chi connectivity index (χ3v) is 7.03. The summed E-state index contributed by atoms with van der Waals surface area (Å²) >= 11 is 6.20. The number of ether oxygens (including phenoxy) is 2. The second-order valence-electron chi connectivity index (χ2n) is 8.44. The van der Waals surface area contributed by atoms with E-state index in [4.69, 9.17) is 32.7 Å². The molecular formula is C19H30ClN8O5P. The Morgan fingerprint density at radius 2 is 2.15 bits per heavy atom. The Labute approximate surface area is 202 Å². The maximum absolute atomic E-state index is 10.7. The number of nitrogens with zero attached hydrogens (tertiary/aromatic N) is 4. The van der Waals surface area contributed by atoms with Crippen molar-refractivity contribution in [2.24, 2.45) is 16.7 Å². The Morgan fingerprint density at radius 3 is 2.85 bits per heavy atom. The highest BCUT2D eigenvalue weighted by Crippen LogP contribution is 2.38. The predicted molar refractivity (Wildman–Crippen MR) is 127 cm³/mol. The van der Waals surface area contributed by atoms with Crippen LogP contribution in [0.3, 0.4) is 0 Å². The molecule has 4 atom stereocenters. The smallest absolute Gasteiger partial charge is 0.243 e. The van der Waals surface area contributed by atoms with Crippen molar-refractivity contribution in [2.75, 3.05) is 11.9 Å². The summed E-state index contributed by atoms with van der Waals surface area (Å²) in [5.41, 5.74) is 9.09. The minimum absolute atomic E-state index is 0.0229. The topological polar surface area (TPSA) is 198 Å². The average Bonchev–Trinajstić information content (AvgIpc) is 3.51. The zero-order valence-electron chi connectivity index (χ0n) is 18.4. The van der Waals surface area contributed by atoms with E-state index in [-0.39, 0.29) is 24.1 Å². The molecule has 15 heteroatoms. The predicted octanol–water partition coefficient (Wildman–Crippen LogP) is 0.693. The Kier molecular flexibility index (Phi) is 8.38. The molecule has 0 spiro atoms. The molecule has 2 aromatic heterocycles. The highest BCUT2D eigenvalue weighted by atomic mass is 35.5. The molecule has 1 aliphatic carbocycles. The van der Waals surface area contributed by atoms with Gasteiger partial charge in [-0.3, -0.25) is 0 Å². The second-order valence-corrected chi connectivity index (χ2v) is 9.99. The number of nitrogens with one attached hydrogen (secondary N) is 2. The van der Waals surface area contributed by atoms with E-state index in [1.807, 2.05) is 17.7 Å². The third kappa shape index (κ3) is 5.86. The monoisotopic (exact) mass is 516 g/mol. The largest absolute Gasteiger partial charge is 0.390 e. The molecule has 188 valence electrons. The Hall–Kier alpha value is -1.83. The van der Waals surface area contributed by atoms with Crippen LogP contribution in [0.25, 0.3) is 5.52 Å². The van der Waals surface area contributed by atoms with E-state index in [2.05, 4.69) is 20.5 Å². The van der Waals surface area contributed by atoms with Crippen LogP contribution in [0.5, 0.6) is 0 Å². The SMILES string of the molecule is NN/N=C(\N)CC(OCC1CC(O)C(c2ccc3c(NC4CCCC4)nc(Cl)nn23)O1)P(O)O. The quantitative estimate of drug-likeness (QED) is 0.0770. The summed E-state index contributed by atoms with van der Waals surface area (Å²) < 4.78 is 13.3. The van der Waals surface area contributed by atoms with E-state index in [9.17, 15) is 14.9 Å². The molecule has 1 aliphatic heterocycles. The van der Waals surface area contributed by atoms with Gasteiger partial charge in [-0.1, -0.05) is 12.8 Å². The number of halogens is 1. The zero-order valence-corrected chi connectivity index (χ0v) is 20.1.